The molecule has 4 nitrogen and oxygen atoms in total. The largest absolute Gasteiger partial charge is 0.416 e. The summed E-state index contributed by atoms with van der Waals surface area (Å²) in [7, 11) is 0. The van der Waals surface area contributed by atoms with E-state index in [0.717, 1.165) is 25.6 Å². The maximum atomic E-state index is 12.9. The molecule has 2 fully saturated rings. The minimum atomic E-state index is -4.32. The molecule has 0 radical (unpaired) electrons. The van der Waals surface area contributed by atoms with Gasteiger partial charge in [-0.3, -0.25) is 9.69 Å². The van der Waals surface area contributed by atoms with Crippen LogP contribution >= 0.6 is 0 Å². The number of hydrogen-bond acceptors (Lipinski definition) is 3. The number of piperidine rings is 1. The van der Waals surface area contributed by atoms with E-state index in [1.165, 1.54) is 18.6 Å². The fourth-order valence-electron chi connectivity index (χ4n) is 3.75. The maximum Gasteiger partial charge on any atom is 0.416 e. The summed E-state index contributed by atoms with van der Waals surface area (Å²) in [5, 5.41) is 0. The third kappa shape index (κ3) is 4.69. The van der Waals surface area contributed by atoms with Crippen LogP contribution in [0.4, 0.5) is 18.9 Å². The molecule has 2 aliphatic rings. The number of halogens is 3. The molecule has 0 bridgehead atoms. The third-order valence-corrected chi connectivity index (χ3v) is 5.28. The molecule has 2 saturated heterocycles. The van der Waals surface area contributed by atoms with Gasteiger partial charge in [-0.2, -0.15) is 13.2 Å². The number of likely N-dealkylation sites (tertiary alicyclic amines) is 1. The topological polar surface area (TPSA) is 26.8 Å². The molecule has 0 aliphatic carbocycles. The number of amides is 1. The number of nitrogens with zero attached hydrogens (tertiary/aromatic N) is 3. The summed E-state index contributed by atoms with van der Waals surface area (Å²) in [5.74, 6) is 0.731. The molecule has 26 heavy (non-hydrogen) atoms. The van der Waals surface area contributed by atoms with Gasteiger partial charge in [0.15, 0.2) is 0 Å². The van der Waals surface area contributed by atoms with E-state index in [0.29, 0.717) is 44.3 Å². The Bertz CT molecular complexity index is 627. The molecular weight excluding hydrogens is 343 g/mol. The lowest BCUT2D eigenvalue weighted by Gasteiger charge is -2.38. The molecule has 0 spiro atoms. The Morgan fingerprint density at radius 3 is 2.54 bits per heavy atom. The number of alkyl halides is 3. The van der Waals surface area contributed by atoms with Gasteiger partial charge in [0.25, 0.3) is 0 Å². The molecule has 2 aliphatic heterocycles. The molecule has 0 saturated carbocycles. The molecule has 3 rings (SSSR count). The van der Waals surface area contributed by atoms with Crippen LogP contribution in [0.15, 0.2) is 24.3 Å². The first-order chi connectivity index (χ1) is 12.3. The zero-order valence-corrected chi connectivity index (χ0v) is 15.1. The number of rotatable bonds is 3. The van der Waals surface area contributed by atoms with E-state index in [2.05, 4.69) is 11.8 Å². The van der Waals surface area contributed by atoms with Crippen molar-refractivity contribution >= 4 is 11.6 Å². The normalized spacial score (nSPS) is 22.5. The molecule has 1 aromatic rings. The predicted octanol–water partition coefficient (Wildman–Crippen LogP) is 3.09. The van der Waals surface area contributed by atoms with Gasteiger partial charge in [-0.25, -0.2) is 0 Å². The van der Waals surface area contributed by atoms with Gasteiger partial charge in [0, 0.05) is 45.0 Å². The number of piperazine rings is 1. The first-order valence-electron chi connectivity index (χ1n) is 9.25. The zero-order chi connectivity index (χ0) is 18.7. The average molecular weight is 369 g/mol. The summed E-state index contributed by atoms with van der Waals surface area (Å²) in [6.07, 6.45) is -2.08. The Hall–Kier alpha value is -1.76. The van der Waals surface area contributed by atoms with E-state index in [4.69, 9.17) is 0 Å². The third-order valence-electron chi connectivity index (χ3n) is 5.28. The van der Waals surface area contributed by atoms with E-state index in [9.17, 15) is 18.0 Å². The Balaban J connectivity index is 1.52. The van der Waals surface area contributed by atoms with E-state index in [1.54, 1.807) is 6.07 Å². The van der Waals surface area contributed by atoms with Crippen LogP contribution in [-0.4, -0.2) is 61.5 Å². The van der Waals surface area contributed by atoms with Crippen LogP contribution in [0.5, 0.6) is 0 Å². The zero-order valence-electron chi connectivity index (χ0n) is 15.1. The van der Waals surface area contributed by atoms with E-state index >= 15 is 0 Å². The molecule has 0 N–H and O–H groups in total. The Morgan fingerprint density at radius 2 is 1.88 bits per heavy atom. The number of carbonyl (C=O) groups excluding carboxylic acids is 1. The van der Waals surface area contributed by atoms with Crippen molar-refractivity contribution in [3.8, 4) is 0 Å². The van der Waals surface area contributed by atoms with Crippen molar-refractivity contribution in [1.29, 1.82) is 0 Å². The second-order valence-corrected chi connectivity index (χ2v) is 7.40. The minimum Gasteiger partial charge on any atom is -0.369 e. The first-order valence-corrected chi connectivity index (χ1v) is 9.25. The smallest absolute Gasteiger partial charge is 0.369 e. The summed E-state index contributed by atoms with van der Waals surface area (Å²) in [5.41, 5.74) is -0.0255. The summed E-state index contributed by atoms with van der Waals surface area (Å²) >= 11 is 0. The molecular formula is C19H26F3N3O. The van der Waals surface area contributed by atoms with Crippen molar-refractivity contribution in [2.75, 3.05) is 50.7 Å². The van der Waals surface area contributed by atoms with Crippen molar-refractivity contribution in [2.45, 2.75) is 25.9 Å². The molecule has 144 valence electrons. The van der Waals surface area contributed by atoms with Crippen LogP contribution in [0, 0.1) is 5.92 Å². The molecule has 1 atom stereocenters. The lowest BCUT2D eigenvalue weighted by molar-refractivity contribution is -0.137. The van der Waals surface area contributed by atoms with Crippen LogP contribution < -0.4 is 4.90 Å². The van der Waals surface area contributed by atoms with Crippen LogP contribution in [0.1, 0.15) is 25.3 Å². The van der Waals surface area contributed by atoms with Crippen molar-refractivity contribution < 1.29 is 18.0 Å². The van der Waals surface area contributed by atoms with Gasteiger partial charge in [-0.15, -0.1) is 0 Å². The monoisotopic (exact) mass is 369 g/mol. The highest BCUT2D eigenvalue weighted by molar-refractivity contribution is 5.78. The SMILES string of the molecule is CC1CCCN(C(=O)CN2CCN(c3cccc(C(F)(F)F)c3)CC2)C1. The lowest BCUT2D eigenvalue weighted by Crippen LogP contribution is -2.51. The van der Waals surface area contributed by atoms with E-state index in [1.807, 2.05) is 9.80 Å². The second kappa shape index (κ2) is 7.86. The highest BCUT2D eigenvalue weighted by Crippen LogP contribution is 2.31. The van der Waals surface area contributed by atoms with E-state index in [-0.39, 0.29) is 5.91 Å². The average Bonchev–Trinajstić information content (AvgIpc) is 2.62. The molecule has 2 heterocycles. The highest BCUT2D eigenvalue weighted by Gasteiger charge is 2.31. The van der Waals surface area contributed by atoms with Crippen molar-refractivity contribution in [3.05, 3.63) is 29.8 Å². The van der Waals surface area contributed by atoms with Gasteiger partial charge in [0.05, 0.1) is 12.1 Å². The van der Waals surface area contributed by atoms with Gasteiger partial charge in [-0.1, -0.05) is 13.0 Å². The van der Waals surface area contributed by atoms with Gasteiger partial charge in [-0.05, 0) is 37.0 Å². The molecule has 0 aromatic heterocycles. The number of carbonyl (C=O) groups is 1. The van der Waals surface area contributed by atoms with Crippen molar-refractivity contribution in [1.82, 2.24) is 9.80 Å². The number of anilines is 1. The summed E-state index contributed by atoms with van der Waals surface area (Å²) in [4.78, 5) is 18.5. The fourth-order valence-corrected chi connectivity index (χ4v) is 3.75. The number of benzene rings is 1. The van der Waals surface area contributed by atoms with Gasteiger partial charge < -0.3 is 9.80 Å². The fraction of sp³-hybridized carbons (Fsp3) is 0.632. The van der Waals surface area contributed by atoms with Crippen molar-refractivity contribution in [2.24, 2.45) is 5.92 Å². The molecule has 1 unspecified atom stereocenters. The highest BCUT2D eigenvalue weighted by atomic mass is 19.4. The van der Waals surface area contributed by atoms with Crippen LogP contribution in [0.3, 0.4) is 0 Å². The standard InChI is InChI=1S/C19H26F3N3O/c1-15-4-3-7-25(13-15)18(26)14-23-8-10-24(11-9-23)17-6-2-5-16(12-17)19(20,21)22/h2,5-6,12,15H,3-4,7-11,13-14H2,1H3. The summed E-state index contributed by atoms with van der Waals surface area (Å²) < 4.78 is 38.6. The van der Waals surface area contributed by atoms with Crippen molar-refractivity contribution in [3.63, 3.8) is 0 Å². The maximum absolute atomic E-state index is 12.9. The quantitative estimate of drug-likeness (QED) is 0.819. The minimum absolute atomic E-state index is 0.170. The molecule has 7 heteroatoms. The Morgan fingerprint density at radius 1 is 1.15 bits per heavy atom. The molecule has 1 aromatic carbocycles. The van der Waals surface area contributed by atoms with Gasteiger partial charge in [0.2, 0.25) is 5.91 Å². The Kier molecular flexibility index (Phi) is 5.75. The predicted molar refractivity (Wildman–Crippen MR) is 95.1 cm³/mol. The van der Waals surface area contributed by atoms with Crippen LogP contribution in [0.2, 0.25) is 0 Å². The Labute approximate surface area is 152 Å². The van der Waals surface area contributed by atoms with E-state index < -0.39 is 11.7 Å². The summed E-state index contributed by atoms with van der Waals surface area (Å²) in [6, 6.07) is 5.46. The second-order valence-electron chi connectivity index (χ2n) is 7.40. The number of hydrogen-bond donors (Lipinski definition) is 0. The lowest BCUT2D eigenvalue weighted by atomic mass is 10.0. The van der Waals surface area contributed by atoms with Crippen LogP contribution in [0.25, 0.3) is 0 Å². The summed E-state index contributed by atoms with van der Waals surface area (Å²) in [6.45, 7) is 6.89. The van der Waals surface area contributed by atoms with Gasteiger partial charge in [0.1, 0.15) is 0 Å². The van der Waals surface area contributed by atoms with Crippen LogP contribution in [-0.2, 0) is 11.0 Å². The molecule has 1 amide bonds. The first kappa shape index (κ1) is 19.0. The van der Waals surface area contributed by atoms with Gasteiger partial charge >= 0.3 is 6.18 Å².